The molecule has 206 valence electrons. The minimum Gasteiger partial charge on any atom is -0.372 e. The molecule has 1 aliphatic heterocycles. The predicted octanol–water partition coefficient (Wildman–Crippen LogP) is 5.41. The van der Waals surface area contributed by atoms with E-state index in [0.717, 1.165) is 41.4 Å². The molecule has 0 radical (unpaired) electrons. The summed E-state index contributed by atoms with van der Waals surface area (Å²) in [5, 5.41) is 3.66. The van der Waals surface area contributed by atoms with E-state index in [1.807, 2.05) is 110 Å². The van der Waals surface area contributed by atoms with Crippen LogP contribution in [0.3, 0.4) is 0 Å². The zero-order valence-corrected chi connectivity index (χ0v) is 24.1. The summed E-state index contributed by atoms with van der Waals surface area (Å²) in [6, 6.07) is 27.3. The smallest absolute Gasteiger partial charge is 0.279 e. The maximum absolute atomic E-state index is 14.3. The van der Waals surface area contributed by atoms with Crippen LogP contribution in [0.2, 0.25) is 0 Å². The zero-order valence-electron chi connectivity index (χ0n) is 24.1. The molecule has 7 nitrogen and oxygen atoms in total. The molecule has 5 rings (SSSR count). The van der Waals surface area contributed by atoms with Gasteiger partial charge >= 0.3 is 0 Å². The van der Waals surface area contributed by atoms with Crippen molar-refractivity contribution in [3.63, 3.8) is 0 Å². The number of anilines is 2. The lowest BCUT2D eigenvalue weighted by molar-refractivity contribution is -0.115. The second-order valence-electron chi connectivity index (χ2n) is 10.1. The Labute approximate surface area is 236 Å². The van der Waals surface area contributed by atoms with Gasteiger partial charge < -0.3 is 4.90 Å². The van der Waals surface area contributed by atoms with Gasteiger partial charge in [0.05, 0.1) is 23.0 Å². The Balaban J connectivity index is 1.78. The van der Waals surface area contributed by atoms with Crippen molar-refractivity contribution in [1.82, 2.24) is 14.4 Å². The van der Waals surface area contributed by atoms with Crippen molar-refractivity contribution in [3.05, 3.63) is 118 Å². The van der Waals surface area contributed by atoms with Gasteiger partial charge in [0, 0.05) is 49.7 Å². The molecular formula is C33H37N5O2. The van der Waals surface area contributed by atoms with Gasteiger partial charge in [-0.05, 0) is 69.7 Å². The largest absolute Gasteiger partial charge is 0.372 e. The van der Waals surface area contributed by atoms with Crippen molar-refractivity contribution >= 4 is 22.9 Å². The Morgan fingerprint density at radius 3 is 1.90 bits per heavy atom. The Morgan fingerprint density at radius 1 is 0.800 bits per heavy atom. The number of amides is 1. The third-order valence-corrected chi connectivity index (χ3v) is 8.08. The summed E-state index contributed by atoms with van der Waals surface area (Å²) in [7, 11) is 3.81. The summed E-state index contributed by atoms with van der Waals surface area (Å²) < 4.78 is 3.55. The quantitative estimate of drug-likeness (QED) is 0.297. The molecule has 0 saturated carbocycles. The average molecular weight is 536 g/mol. The Bertz CT molecular complexity index is 1600. The highest BCUT2D eigenvalue weighted by Crippen LogP contribution is 2.38. The van der Waals surface area contributed by atoms with Crippen LogP contribution in [-0.4, -0.2) is 46.5 Å². The van der Waals surface area contributed by atoms with Gasteiger partial charge in [0.25, 0.3) is 11.5 Å². The van der Waals surface area contributed by atoms with E-state index in [0.29, 0.717) is 16.7 Å². The van der Waals surface area contributed by atoms with Crippen LogP contribution >= 0.6 is 0 Å². The number of hydrazine groups is 1. The number of para-hydroxylation sites is 2. The fourth-order valence-electron chi connectivity index (χ4n) is 5.70. The van der Waals surface area contributed by atoms with Crippen LogP contribution in [0.1, 0.15) is 37.6 Å². The van der Waals surface area contributed by atoms with E-state index in [4.69, 9.17) is 0 Å². The fraction of sp³-hybridized carbons (Fsp3) is 0.273. The molecule has 1 aliphatic rings. The van der Waals surface area contributed by atoms with E-state index in [9.17, 15) is 9.59 Å². The molecule has 0 bridgehead atoms. The number of carbonyl (C=O) groups is 1. The highest BCUT2D eigenvalue weighted by atomic mass is 16.2. The summed E-state index contributed by atoms with van der Waals surface area (Å²) >= 11 is 0. The summed E-state index contributed by atoms with van der Waals surface area (Å²) in [5.41, 5.74) is 6.00. The van der Waals surface area contributed by atoms with E-state index in [1.165, 1.54) is 0 Å². The number of carbonyl (C=O) groups excluding carboxylic acids is 1. The van der Waals surface area contributed by atoms with Crippen molar-refractivity contribution in [3.8, 4) is 5.69 Å². The van der Waals surface area contributed by atoms with Crippen molar-refractivity contribution in [2.24, 2.45) is 7.05 Å². The summed E-state index contributed by atoms with van der Waals surface area (Å²) in [6.07, 6.45) is 0. The first-order chi connectivity index (χ1) is 19.3. The first kappa shape index (κ1) is 27.2. The minimum atomic E-state index is -0.255. The molecule has 1 amide bonds. The summed E-state index contributed by atoms with van der Waals surface area (Å²) in [6.45, 7) is 10.0. The normalized spacial score (nSPS) is 17.0. The number of aromatic nitrogens is 2. The van der Waals surface area contributed by atoms with Crippen molar-refractivity contribution in [2.45, 2.75) is 33.7 Å². The lowest BCUT2D eigenvalue weighted by atomic mass is 9.90. The molecule has 7 heteroatoms. The second-order valence-corrected chi connectivity index (χ2v) is 10.1. The number of rotatable bonds is 7. The molecule has 0 aliphatic carbocycles. The fourth-order valence-corrected chi connectivity index (χ4v) is 5.70. The van der Waals surface area contributed by atoms with E-state index in [2.05, 4.69) is 30.9 Å². The van der Waals surface area contributed by atoms with Gasteiger partial charge in [-0.15, -0.1) is 0 Å². The Kier molecular flexibility index (Phi) is 7.50. The molecule has 2 heterocycles. The maximum Gasteiger partial charge on any atom is 0.279 e. The Morgan fingerprint density at radius 2 is 1.35 bits per heavy atom. The van der Waals surface area contributed by atoms with Gasteiger partial charge in [0.2, 0.25) is 0 Å². The molecule has 0 spiro atoms. The van der Waals surface area contributed by atoms with Gasteiger partial charge in [-0.25, -0.2) is 14.7 Å². The molecule has 0 N–H and O–H groups in total. The van der Waals surface area contributed by atoms with Crippen molar-refractivity contribution in [1.29, 1.82) is 0 Å². The number of nitrogens with zero attached hydrogens (tertiary/aromatic N) is 5. The number of hydrogen-bond donors (Lipinski definition) is 0. The van der Waals surface area contributed by atoms with E-state index < -0.39 is 0 Å². The van der Waals surface area contributed by atoms with Gasteiger partial charge in [-0.2, -0.15) is 0 Å². The molecule has 3 aromatic carbocycles. The van der Waals surface area contributed by atoms with Crippen molar-refractivity contribution in [2.75, 3.05) is 30.0 Å². The molecule has 1 fully saturated rings. The lowest BCUT2D eigenvalue weighted by Crippen LogP contribution is -2.38. The van der Waals surface area contributed by atoms with Gasteiger partial charge in [-0.1, -0.05) is 48.5 Å². The van der Waals surface area contributed by atoms with Crippen LogP contribution in [-0.2, 0) is 11.8 Å². The molecule has 1 unspecified atom stereocenters. The van der Waals surface area contributed by atoms with Crippen LogP contribution in [0.15, 0.2) is 95.3 Å². The number of likely N-dealkylation sites (N-methyl/N-ethyl adjacent to an activating group) is 1. The molecule has 1 saturated heterocycles. The second kappa shape index (κ2) is 11.0. The van der Waals surface area contributed by atoms with Gasteiger partial charge in [-0.3, -0.25) is 14.3 Å². The Hall–Kier alpha value is -4.36. The average Bonchev–Trinajstić information content (AvgIpc) is 3.33. The topological polar surface area (TPSA) is 53.7 Å². The third-order valence-electron chi connectivity index (χ3n) is 8.08. The first-order valence-electron chi connectivity index (χ1n) is 13.9. The van der Waals surface area contributed by atoms with Crippen LogP contribution in [0, 0.1) is 6.92 Å². The number of benzene rings is 3. The molecule has 1 atom stereocenters. The van der Waals surface area contributed by atoms with Crippen molar-refractivity contribution < 1.29 is 4.79 Å². The molecule has 40 heavy (non-hydrogen) atoms. The number of hydrogen-bond acceptors (Lipinski definition) is 4. The SMILES string of the molecule is CCN(CC)c1ccc(C(=C2C(=O)N(c3ccccc3)N(C)C2C)c2c(C)n(C)n(-c3ccccc3)c2=O)cc1. The zero-order chi connectivity index (χ0) is 28.6. The van der Waals surface area contributed by atoms with E-state index in [1.54, 1.807) is 9.69 Å². The first-order valence-corrected chi connectivity index (χ1v) is 13.9. The van der Waals surface area contributed by atoms with Crippen LogP contribution < -0.4 is 15.5 Å². The molecule has 4 aromatic rings. The maximum atomic E-state index is 14.3. The standard InChI is InChI=1S/C33H37N5O2/c1-7-36(8-2)26-21-19-25(20-22-26)31(29-23(3)34(5)37(32(29)39)27-15-11-9-12-16-27)30-24(4)35(6)38(33(30)40)28-17-13-10-14-18-28/h9-23H,7-8H2,1-6H3. The predicted molar refractivity (Wildman–Crippen MR) is 163 cm³/mol. The minimum absolute atomic E-state index is 0.127. The molecular weight excluding hydrogens is 498 g/mol. The van der Waals surface area contributed by atoms with Gasteiger partial charge in [0.15, 0.2) is 0 Å². The summed E-state index contributed by atoms with van der Waals surface area (Å²) in [5.74, 6) is -0.127. The van der Waals surface area contributed by atoms with E-state index in [-0.39, 0.29) is 17.5 Å². The third kappa shape index (κ3) is 4.46. The van der Waals surface area contributed by atoms with Crippen LogP contribution in [0.25, 0.3) is 11.3 Å². The van der Waals surface area contributed by atoms with Crippen LogP contribution in [0.4, 0.5) is 11.4 Å². The van der Waals surface area contributed by atoms with Crippen LogP contribution in [0.5, 0.6) is 0 Å². The highest BCUT2D eigenvalue weighted by molar-refractivity contribution is 6.15. The van der Waals surface area contributed by atoms with Gasteiger partial charge in [0.1, 0.15) is 0 Å². The monoisotopic (exact) mass is 535 g/mol. The lowest BCUT2D eigenvalue weighted by Gasteiger charge is -2.26. The highest BCUT2D eigenvalue weighted by Gasteiger charge is 2.42. The van der Waals surface area contributed by atoms with E-state index >= 15 is 0 Å². The molecule has 1 aromatic heterocycles. The summed E-state index contributed by atoms with van der Waals surface area (Å²) in [4.78, 5) is 30.8.